The van der Waals surface area contributed by atoms with Crippen molar-refractivity contribution in [3.05, 3.63) is 39.9 Å². The molecule has 1 fully saturated rings. The highest BCUT2D eigenvalue weighted by Gasteiger charge is 2.26. The lowest BCUT2D eigenvalue weighted by Gasteiger charge is -2.37. The summed E-state index contributed by atoms with van der Waals surface area (Å²) in [6.07, 6.45) is 0. The second-order valence-electron chi connectivity index (χ2n) is 6.18. The summed E-state index contributed by atoms with van der Waals surface area (Å²) in [5.41, 5.74) is 4.74. The highest BCUT2D eigenvalue weighted by Crippen LogP contribution is 2.26. The van der Waals surface area contributed by atoms with Gasteiger partial charge in [-0.2, -0.15) is 0 Å². The van der Waals surface area contributed by atoms with Crippen LogP contribution in [0.1, 0.15) is 26.5 Å². The van der Waals surface area contributed by atoms with Crippen LogP contribution >= 0.6 is 11.3 Å². The van der Waals surface area contributed by atoms with Crippen molar-refractivity contribution >= 4 is 28.1 Å². The van der Waals surface area contributed by atoms with Gasteiger partial charge in [0.1, 0.15) is 4.88 Å². The molecule has 24 heavy (non-hydrogen) atoms. The zero-order chi connectivity index (χ0) is 17.3. The number of carbonyl (C=O) groups is 1. The minimum Gasteiger partial charge on any atom is -0.368 e. The quantitative estimate of drug-likeness (QED) is 0.930. The third kappa shape index (κ3) is 3.11. The Morgan fingerprint density at radius 2 is 1.88 bits per heavy atom. The molecule has 1 N–H and O–H groups in total. The van der Waals surface area contributed by atoms with Crippen LogP contribution < -0.4 is 10.2 Å². The third-order valence-electron chi connectivity index (χ3n) is 4.69. The van der Waals surface area contributed by atoms with Crippen molar-refractivity contribution in [2.24, 2.45) is 0 Å². The zero-order valence-electron chi connectivity index (χ0n) is 14.7. The van der Waals surface area contributed by atoms with E-state index in [9.17, 15) is 4.79 Å². The van der Waals surface area contributed by atoms with Crippen molar-refractivity contribution in [3.63, 3.8) is 0 Å². The number of aryl methyl sites for hydroxylation is 2. The molecule has 0 bridgehead atoms. The Bertz CT molecular complexity index is 747. The Kier molecular flexibility index (Phi) is 4.76. The number of amides is 1. The van der Waals surface area contributed by atoms with Crippen LogP contribution in [-0.4, -0.2) is 49.0 Å². The zero-order valence-corrected chi connectivity index (χ0v) is 15.5. The summed E-state index contributed by atoms with van der Waals surface area (Å²) < 4.78 is 0. The molecule has 1 aliphatic rings. The Morgan fingerprint density at radius 3 is 2.50 bits per heavy atom. The molecule has 3 rings (SSSR count). The number of carbonyl (C=O) groups excluding carboxylic acids is 1. The van der Waals surface area contributed by atoms with E-state index in [1.165, 1.54) is 28.2 Å². The summed E-state index contributed by atoms with van der Waals surface area (Å²) in [7, 11) is 1.83. The topological polar surface area (TPSA) is 48.5 Å². The first-order valence-electron chi connectivity index (χ1n) is 8.27. The molecule has 0 aliphatic carbocycles. The van der Waals surface area contributed by atoms with Gasteiger partial charge >= 0.3 is 0 Å². The number of piperazine rings is 1. The number of rotatable bonds is 3. The standard InChI is InChI=1S/C18H24N4OS/c1-12-6-5-7-15(13(12)2)21-8-10-22(11-9-21)17(23)16-14(3)20-18(19-4)24-16/h5-7H,8-11H2,1-4H3,(H,19,20). The van der Waals surface area contributed by atoms with Crippen LogP contribution in [-0.2, 0) is 0 Å². The van der Waals surface area contributed by atoms with Gasteiger partial charge in [-0.3, -0.25) is 4.79 Å². The van der Waals surface area contributed by atoms with Gasteiger partial charge in [-0.25, -0.2) is 4.98 Å². The molecule has 5 nitrogen and oxygen atoms in total. The number of anilines is 2. The van der Waals surface area contributed by atoms with Gasteiger partial charge in [0.25, 0.3) is 5.91 Å². The van der Waals surface area contributed by atoms with Crippen LogP contribution in [0.3, 0.4) is 0 Å². The lowest BCUT2D eigenvalue weighted by atomic mass is 10.1. The van der Waals surface area contributed by atoms with Crippen molar-refractivity contribution in [1.82, 2.24) is 9.88 Å². The Morgan fingerprint density at radius 1 is 1.17 bits per heavy atom. The molecule has 128 valence electrons. The van der Waals surface area contributed by atoms with E-state index in [2.05, 4.69) is 47.2 Å². The predicted molar refractivity (Wildman–Crippen MR) is 100 cm³/mol. The highest BCUT2D eigenvalue weighted by molar-refractivity contribution is 7.17. The fourth-order valence-electron chi connectivity index (χ4n) is 3.07. The molecule has 1 aromatic heterocycles. The van der Waals surface area contributed by atoms with Gasteiger partial charge in [0.2, 0.25) is 0 Å². The lowest BCUT2D eigenvalue weighted by Crippen LogP contribution is -2.49. The molecule has 0 unspecified atom stereocenters. The molecule has 2 aromatic rings. The normalized spacial score (nSPS) is 14.8. The Balaban J connectivity index is 1.69. The van der Waals surface area contributed by atoms with Crippen molar-refractivity contribution < 1.29 is 4.79 Å². The molecule has 6 heteroatoms. The van der Waals surface area contributed by atoms with Crippen LogP contribution in [0.5, 0.6) is 0 Å². The van der Waals surface area contributed by atoms with E-state index in [-0.39, 0.29) is 5.91 Å². The summed E-state index contributed by atoms with van der Waals surface area (Å²) in [5.74, 6) is 0.104. The van der Waals surface area contributed by atoms with E-state index < -0.39 is 0 Å². The van der Waals surface area contributed by atoms with Gasteiger partial charge in [0.05, 0.1) is 5.69 Å². The maximum Gasteiger partial charge on any atom is 0.266 e. The number of thiazole rings is 1. The number of aromatic nitrogens is 1. The van der Waals surface area contributed by atoms with E-state index in [1.54, 1.807) is 0 Å². The monoisotopic (exact) mass is 344 g/mol. The summed E-state index contributed by atoms with van der Waals surface area (Å²) >= 11 is 1.44. The van der Waals surface area contributed by atoms with Gasteiger partial charge in [-0.1, -0.05) is 23.5 Å². The highest BCUT2D eigenvalue weighted by atomic mass is 32.1. The number of nitrogens with zero attached hydrogens (tertiary/aromatic N) is 3. The maximum absolute atomic E-state index is 12.8. The van der Waals surface area contributed by atoms with Crippen molar-refractivity contribution in [1.29, 1.82) is 0 Å². The summed E-state index contributed by atoms with van der Waals surface area (Å²) in [4.78, 5) is 22.2. The van der Waals surface area contributed by atoms with Gasteiger partial charge in [0.15, 0.2) is 5.13 Å². The third-order valence-corrected chi connectivity index (χ3v) is 5.85. The van der Waals surface area contributed by atoms with Gasteiger partial charge in [-0.05, 0) is 38.0 Å². The van der Waals surface area contributed by atoms with E-state index in [0.717, 1.165) is 41.9 Å². The van der Waals surface area contributed by atoms with Crippen LogP contribution in [0.2, 0.25) is 0 Å². The molecular weight excluding hydrogens is 320 g/mol. The van der Waals surface area contributed by atoms with Crippen molar-refractivity contribution in [2.75, 3.05) is 43.4 Å². The van der Waals surface area contributed by atoms with E-state index in [4.69, 9.17) is 0 Å². The summed E-state index contributed by atoms with van der Waals surface area (Å²) in [6, 6.07) is 6.42. The largest absolute Gasteiger partial charge is 0.368 e. The summed E-state index contributed by atoms with van der Waals surface area (Å²) in [6.45, 7) is 9.44. The first-order valence-corrected chi connectivity index (χ1v) is 9.08. The molecule has 0 spiro atoms. The average molecular weight is 344 g/mol. The Labute approximate surface area is 147 Å². The van der Waals surface area contributed by atoms with E-state index >= 15 is 0 Å². The van der Waals surface area contributed by atoms with Gasteiger partial charge in [0, 0.05) is 38.9 Å². The predicted octanol–water partition coefficient (Wildman–Crippen LogP) is 3.07. The van der Waals surface area contributed by atoms with Gasteiger partial charge < -0.3 is 15.1 Å². The fourth-order valence-corrected chi connectivity index (χ4v) is 3.96. The first-order chi connectivity index (χ1) is 11.5. The summed E-state index contributed by atoms with van der Waals surface area (Å²) in [5, 5.41) is 3.81. The molecule has 1 aromatic carbocycles. The van der Waals surface area contributed by atoms with Crippen molar-refractivity contribution in [3.8, 4) is 0 Å². The average Bonchev–Trinajstić information content (AvgIpc) is 2.98. The van der Waals surface area contributed by atoms with Gasteiger partial charge in [-0.15, -0.1) is 0 Å². The van der Waals surface area contributed by atoms with Crippen LogP contribution in [0.4, 0.5) is 10.8 Å². The molecule has 1 amide bonds. The molecular formula is C18H24N4OS. The molecule has 0 radical (unpaired) electrons. The molecule has 0 saturated carbocycles. The molecule has 1 aliphatic heterocycles. The number of nitrogens with one attached hydrogen (secondary N) is 1. The molecule has 1 saturated heterocycles. The van der Waals surface area contributed by atoms with Crippen LogP contribution in [0.15, 0.2) is 18.2 Å². The second-order valence-corrected chi connectivity index (χ2v) is 7.18. The maximum atomic E-state index is 12.8. The van der Waals surface area contributed by atoms with Crippen LogP contribution in [0.25, 0.3) is 0 Å². The minimum atomic E-state index is 0.104. The molecule has 2 heterocycles. The fraction of sp³-hybridized carbons (Fsp3) is 0.444. The lowest BCUT2D eigenvalue weighted by molar-refractivity contribution is 0.0750. The number of hydrogen-bond acceptors (Lipinski definition) is 5. The van der Waals surface area contributed by atoms with Crippen LogP contribution in [0, 0.1) is 20.8 Å². The SMILES string of the molecule is CNc1nc(C)c(C(=O)N2CCN(c3cccc(C)c3C)CC2)s1. The Hall–Kier alpha value is -2.08. The minimum absolute atomic E-state index is 0.104. The number of hydrogen-bond donors (Lipinski definition) is 1. The van der Waals surface area contributed by atoms with E-state index in [1.807, 2.05) is 18.9 Å². The second kappa shape index (κ2) is 6.81. The number of benzene rings is 1. The smallest absolute Gasteiger partial charge is 0.266 e. The van der Waals surface area contributed by atoms with Crippen molar-refractivity contribution in [2.45, 2.75) is 20.8 Å². The van der Waals surface area contributed by atoms with E-state index in [0.29, 0.717) is 0 Å². The first kappa shape index (κ1) is 16.8. The molecule has 0 atom stereocenters.